The van der Waals surface area contributed by atoms with E-state index in [-0.39, 0.29) is 11.8 Å². The topological polar surface area (TPSA) is 56.8 Å². The van der Waals surface area contributed by atoms with E-state index in [1.165, 1.54) is 49.9 Å². The molecule has 0 aliphatic carbocycles. The van der Waals surface area contributed by atoms with Crippen LogP contribution in [-0.4, -0.2) is 19.1 Å². The zero-order valence-corrected chi connectivity index (χ0v) is 25.5. The average Bonchev–Trinajstić information content (AvgIpc) is 3.56. The van der Waals surface area contributed by atoms with E-state index in [0.717, 1.165) is 58.2 Å². The number of benzene rings is 3. The summed E-state index contributed by atoms with van der Waals surface area (Å²) in [7, 11) is 0. The van der Waals surface area contributed by atoms with Crippen LogP contribution in [-0.2, 0) is 0 Å². The molecular formula is C36H41NO4S. The molecule has 1 N–H and O–H groups in total. The third-order valence-corrected chi connectivity index (χ3v) is 8.48. The lowest BCUT2D eigenvalue weighted by Crippen LogP contribution is -2.16. The van der Waals surface area contributed by atoms with Crippen molar-refractivity contribution in [2.24, 2.45) is 0 Å². The lowest BCUT2D eigenvalue weighted by atomic mass is 9.81. The van der Waals surface area contributed by atoms with Gasteiger partial charge in [0.05, 0.1) is 18.1 Å². The number of ether oxygens (including phenoxy) is 3. The van der Waals surface area contributed by atoms with Gasteiger partial charge in [0.1, 0.15) is 23.0 Å². The second kappa shape index (κ2) is 14.9. The number of unbranched alkanes of at least 4 members (excludes halogenated alkanes) is 6. The van der Waals surface area contributed by atoms with Crippen molar-refractivity contribution < 1.29 is 19.0 Å². The number of hydrogen-bond acceptors (Lipinski definition) is 5. The Morgan fingerprint density at radius 1 is 0.738 bits per heavy atom. The van der Waals surface area contributed by atoms with Crippen LogP contribution in [0.1, 0.15) is 97.5 Å². The van der Waals surface area contributed by atoms with E-state index in [1.54, 1.807) is 0 Å². The van der Waals surface area contributed by atoms with E-state index in [0.29, 0.717) is 18.1 Å². The molecule has 2 heterocycles. The average molecular weight is 584 g/mol. The number of nitrogens with one attached hydrogen (secondary N) is 1. The molecule has 1 aromatic heterocycles. The van der Waals surface area contributed by atoms with Gasteiger partial charge in [-0.25, -0.2) is 0 Å². The van der Waals surface area contributed by atoms with E-state index in [1.807, 2.05) is 60.0 Å². The molecule has 0 fully saturated rings. The first-order valence-electron chi connectivity index (χ1n) is 15.3. The number of carbonyl (C=O) groups is 1. The second-order valence-corrected chi connectivity index (χ2v) is 11.7. The standard InChI is InChI=1S/C36H41NO4S/c1-3-5-7-11-21-39-26-17-19-29-32(24-26)41-33-25-27(40-22-12-8-6-4-2)18-20-30(33)35(29)28-14-9-10-15-31(28)37-36(38)34-16-13-23-42-34/h9-10,13-20,23-25,35H,3-8,11-12,21-22H2,1-2H3,(H,37,38). The molecule has 42 heavy (non-hydrogen) atoms. The van der Waals surface area contributed by atoms with Crippen LogP contribution in [0, 0.1) is 0 Å². The normalized spacial score (nSPS) is 12.2. The van der Waals surface area contributed by atoms with Crippen molar-refractivity contribution in [1.29, 1.82) is 0 Å². The van der Waals surface area contributed by atoms with Crippen molar-refractivity contribution in [2.45, 2.75) is 71.1 Å². The van der Waals surface area contributed by atoms with Crippen LogP contribution in [0.15, 0.2) is 78.2 Å². The van der Waals surface area contributed by atoms with Crippen LogP contribution >= 0.6 is 11.3 Å². The van der Waals surface area contributed by atoms with Gasteiger partial charge < -0.3 is 19.5 Å². The number of rotatable bonds is 15. The molecule has 3 aromatic carbocycles. The minimum Gasteiger partial charge on any atom is -0.493 e. The second-order valence-electron chi connectivity index (χ2n) is 10.8. The van der Waals surface area contributed by atoms with Crippen LogP contribution in [0.2, 0.25) is 0 Å². The summed E-state index contributed by atoms with van der Waals surface area (Å²) in [6, 6.07) is 24.0. The molecular weight excluding hydrogens is 542 g/mol. The van der Waals surface area contributed by atoms with Crippen molar-refractivity contribution in [3.63, 3.8) is 0 Å². The summed E-state index contributed by atoms with van der Waals surface area (Å²) >= 11 is 1.43. The summed E-state index contributed by atoms with van der Waals surface area (Å²) in [5.41, 5.74) is 3.86. The molecule has 0 saturated carbocycles. The Hall–Kier alpha value is -3.77. The quantitative estimate of drug-likeness (QED) is 0.125. The summed E-state index contributed by atoms with van der Waals surface area (Å²) < 4.78 is 18.8. The summed E-state index contributed by atoms with van der Waals surface area (Å²) in [6.07, 6.45) is 9.26. The van der Waals surface area contributed by atoms with Gasteiger partial charge in [-0.2, -0.15) is 0 Å². The summed E-state index contributed by atoms with van der Waals surface area (Å²) in [5, 5.41) is 5.08. The van der Waals surface area contributed by atoms with Crippen LogP contribution in [0.25, 0.3) is 0 Å². The molecule has 6 heteroatoms. The van der Waals surface area contributed by atoms with Crippen molar-refractivity contribution in [3.05, 3.63) is 99.7 Å². The highest BCUT2D eigenvalue weighted by Gasteiger charge is 2.31. The van der Waals surface area contributed by atoms with Gasteiger partial charge in [-0.1, -0.05) is 88.8 Å². The maximum atomic E-state index is 13.1. The predicted molar refractivity (Wildman–Crippen MR) is 172 cm³/mol. The van der Waals surface area contributed by atoms with Gasteiger partial charge in [-0.05, 0) is 48.1 Å². The first kappa shape index (κ1) is 29.7. The zero-order valence-electron chi connectivity index (χ0n) is 24.7. The summed E-state index contributed by atoms with van der Waals surface area (Å²) in [5.74, 6) is 2.88. The summed E-state index contributed by atoms with van der Waals surface area (Å²) in [6.45, 7) is 5.80. The molecule has 1 amide bonds. The zero-order chi connectivity index (χ0) is 29.1. The first-order chi connectivity index (χ1) is 20.7. The smallest absolute Gasteiger partial charge is 0.265 e. The Bertz CT molecular complexity index is 1390. The Labute approximate surface area is 253 Å². The predicted octanol–water partition coefficient (Wildman–Crippen LogP) is 10.2. The number of anilines is 1. The molecule has 0 saturated heterocycles. The van der Waals surface area contributed by atoms with Crippen LogP contribution < -0.4 is 19.5 Å². The van der Waals surface area contributed by atoms with Gasteiger partial charge in [-0.3, -0.25) is 4.79 Å². The van der Waals surface area contributed by atoms with Gasteiger partial charge in [0.2, 0.25) is 0 Å². The van der Waals surface area contributed by atoms with E-state index >= 15 is 0 Å². The number of para-hydroxylation sites is 1. The third kappa shape index (κ3) is 7.35. The first-order valence-corrected chi connectivity index (χ1v) is 16.2. The van der Waals surface area contributed by atoms with Crippen LogP contribution in [0.3, 0.4) is 0 Å². The van der Waals surface area contributed by atoms with Crippen LogP contribution in [0.5, 0.6) is 23.0 Å². The Balaban J connectivity index is 1.46. The van der Waals surface area contributed by atoms with Gasteiger partial charge in [0.25, 0.3) is 5.91 Å². The molecule has 0 radical (unpaired) electrons. The molecule has 0 atom stereocenters. The highest BCUT2D eigenvalue weighted by molar-refractivity contribution is 7.12. The number of hydrogen-bond donors (Lipinski definition) is 1. The fourth-order valence-electron chi connectivity index (χ4n) is 5.38. The molecule has 1 aliphatic rings. The number of thiophene rings is 1. The largest absolute Gasteiger partial charge is 0.493 e. The fraction of sp³-hybridized carbons (Fsp3) is 0.361. The molecule has 5 nitrogen and oxygen atoms in total. The SMILES string of the molecule is CCCCCCOc1ccc2c(c1)Oc1cc(OCCCCCC)ccc1C2c1ccccc1NC(=O)c1cccs1. The van der Waals surface area contributed by atoms with Gasteiger partial charge >= 0.3 is 0 Å². The van der Waals surface area contributed by atoms with Gasteiger partial charge in [0.15, 0.2) is 0 Å². The number of amides is 1. The minimum absolute atomic E-state index is 0.108. The monoisotopic (exact) mass is 583 g/mol. The molecule has 5 rings (SSSR count). The summed E-state index contributed by atoms with van der Waals surface area (Å²) in [4.78, 5) is 13.7. The molecule has 220 valence electrons. The van der Waals surface area contributed by atoms with E-state index in [2.05, 4.69) is 37.4 Å². The molecule has 0 spiro atoms. The van der Waals surface area contributed by atoms with Crippen molar-refractivity contribution >= 4 is 22.9 Å². The highest BCUT2D eigenvalue weighted by atomic mass is 32.1. The van der Waals surface area contributed by atoms with Crippen molar-refractivity contribution in [1.82, 2.24) is 0 Å². The van der Waals surface area contributed by atoms with Gasteiger partial charge in [0, 0.05) is 34.9 Å². The van der Waals surface area contributed by atoms with Gasteiger partial charge in [-0.15, -0.1) is 11.3 Å². The molecule has 4 aromatic rings. The van der Waals surface area contributed by atoms with Crippen LogP contribution in [0.4, 0.5) is 5.69 Å². The Morgan fingerprint density at radius 2 is 1.36 bits per heavy atom. The van der Waals surface area contributed by atoms with Crippen molar-refractivity contribution in [2.75, 3.05) is 18.5 Å². The Kier molecular flexibility index (Phi) is 10.6. The maximum Gasteiger partial charge on any atom is 0.265 e. The molecule has 0 unspecified atom stereocenters. The highest BCUT2D eigenvalue weighted by Crippen LogP contribution is 2.50. The fourth-order valence-corrected chi connectivity index (χ4v) is 5.99. The lowest BCUT2D eigenvalue weighted by molar-refractivity contribution is 0.103. The molecule has 1 aliphatic heterocycles. The number of fused-ring (bicyclic) bond motifs is 2. The Morgan fingerprint density at radius 3 is 1.93 bits per heavy atom. The third-order valence-electron chi connectivity index (χ3n) is 7.61. The maximum absolute atomic E-state index is 13.1. The number of carbonyl (C=O) groups excluding carboxylic acids is 1. The van der Waals surface area contributed by atoms with E-state index < -0.39 is 0 Å². The van der Waals surface area contributed by atoms with E-state index in [4.69, 9.17) is 14.2 Å². The minimum atomic E-state index is -0.138. The lowest BCUT2D eigenvalue weighted by Gasteiger charge is -2.30. The van der Waals surface area contributed by atoms with Crippen molar-refractivity contribution in [3.8, 4) is 23.0 Å². The molecule has 0 bridgehead atoms. The van der Waals surface area contributed by atoms with E-state index in [9.17, 15) is 4.79 Å².